The Balaban J connectivity index is 2.31. The summed E-state index contributed by atoms with van der Waals surface area (Å²) < 4.78 is 1.99. The van der Waals surface area contributed by atoms with Gasteiger partial charge in [0.2, 0.25) is 0 Å². The molecule has 0 radical (unpaired) electrons. The molecule has 2 aromatic heterocycles. The Hall–Kier alpha value is -1.68. The van der Waals surface area contributed by atoms with Crippen LogP contribution in [-0.2, 0) is 6.42 Å². The van der Waals surface area contributed by atoms with Gasteiger partial charge in [-0.25, -0.2) is 9.97 Å². The van der Waals surface area contributed by atoms with Crippen molar-refractivity contribution in [3.05, 3.63) is 41.6 Å². The van der Waals surface area contributed by atoms with Crippen molar-refractivity contribution < 1.29 is 0 Å². The third-order valence-electron chi connectivity index (χ3n) is 2.74. The molecule has 0 saturated heterocycles. The van der Waals surface area contributed by atoms with Gasteiger partial charge in [0.1, 0.15) is 12.1 Å². The van der Waals surface area contributed by atoms with E-state index in [-0.39, 0.29) is 0 Å². The van der Waals surface area contributed by atoms with Crippen LogP contribution < -0.4 is 5.73 Å². The van der Waals surface area contributed by atoms with E-state index >= 15 is 0 Å². The molecule has 0 aromatic carbocycles. The lowest BCUT2D eigenvalue weighted by atomic mass is 10.2. The fourth-order valence-electron chi connectivity index (χ4n) is 1.60. The summed E-state index contributed by atoms with van der Waals surface area (Å²) in [6, 6.07) is 4.06. The summed E-state index contributed by atoms with van der Waals surface area (Å²) in [5.74, 6) is 0.902. The van der Waals surface area contributed by atoms with Crippen molar-refractivity contribution in [3.63, 3.8) is 0 Å². The highest BCUT2D eigenvalue weighted by Gasteiger charge is 2.04. The van der Waals surface area contributed by atoms with Gasteiger partial charge in [0, 0.05) is 11.9 Å². The lowest BCUT2D eigenvalue weighted by Crippen LogP contribution is -2.04. The number of nitrogens with two attached hydrogens (primary N) is 1. The standard InChI is InChI=1S/C12H16N4/c1-9-10(2)16(8-15-9)12-4-3-11(5-6-13)7-14-12/h3-4,7-8H,5-6,13H2,1-2H3. The van der Waals surface area contributed by atoms with Crippen LogP contribution >= 0.6 is 0 Å². The van der Waals surface area contributed by atoms with Gasteiger partial charge in [-0.05, 0) is 38.4 Å². The highest BCUT2D eigenvalue weighted by Crippen LogP contribution is 2.11. The summed E-state index contributed by atoms with van der Waals surface area (Å²) in [6.07, 6.45) is 4.54. The largest absolute Gasteiger partial charge is 0.330 e. The summed E-state index contributed by atoms with van der Waals surface area (Å²) in [7, 11) is 0. The van der Waals surface area contributed by atoms with Gasteiger partial charge in [0.05, 0.1) is 5.69 Å². The van der Waals surface area contributed by atoms with E-state index in [1.54, 1.807) is 6.33 Å². The van der Waals surface area contributed by atoms with Gasteiger partial charge in [-0.1, -0.05) is 6.07 Å². The first-order chi connectivity index (χ1) is 7.72. The van der Waals surface area contributed by atoms with Crippen LogP contribution in [0.15, 0.2) is 24.7 Å². The molecule has 0 bridgehead atoms. The van der Waals surface area contributed by atoms with Crippen molar-refractivity contribution in [1.82, 2.24) is 14.5 Å². The number of nitrogens with zero attached hydrogens (tertiary/aromatic N) is 3. The third kappa shape index (κ3) is 1.97. The molecule has 0 fully saturated rings. The average molecular weight is 216 g/mol. The van der Waals surface area contributed by atoms with Crippen molar-refractivity contribution in [2.75, 3.05) is 6.54 Å². The molecule has 2 aromatic rings. The second-order valence-corrected chi connectivity index (χ2v) is 3.85. The van der Waals surface area contributed by atoms with Gasteiger partial charge >= 0.3 is 0 Å². The van der Waals surface area contributed by atoms with E-state index in [9.17, 15) is 0 Å². The Morgan fingerprint density at radius 1 is 1.25 bits per heavy atom. The molecule has 0 unspecified atom stereocenters. The van der Waals surface area contributed by atoms with Crippen molar-refractivity contribution in [2.45, 2.75) is 20.3 Å². The molecule has 0 aliphatic carbocycles. The summed E-state index contributed by atoms with van der Waals surface area (Å²) in [5, 5.41) is 0. The average Bonchev–Trinajstić information content (AvgIpc) is 2.62. The third-order valence-corrected chi connectivity index (χ3v) is 2.74. The van der Waals surface area contributed by atoms with Crippen molar-refractivity contribution in [1.29, 1.82) is 0 Å². The molecule has 2 heterocycles. The zero-order chi connectivity index (χ0) is 11.5. The minimum Gasteiger partial charge on any atom is -0.330 e. The van der Waals surface area contributed by atoms with Gasteiger partial charge in [-0.2, -0.15) is 0 Å². The minimum absolute atomic E-state index is 0.657. The molecule has 0 atom stereocenters. The first-order valence-corrected chi connectivity index (χ1v) is 5.38. The summed E-state index contributed by atoms with van der Waals surface area (Å²) in [5.41, 5.74) is 8.82. The van der Waals surface area contributed by atoms with E-state index < -0.39 is 0 Å². The van der Waals surface area contributed by atoms with Crippen molar-refractivity contribution in [2.24, 2.45) is 5.73 Å². The normalized spacial score (nSPS) is 10.7. The van der Waals surface area contributed by atoms with Crippen LogP contribution in [0.4, 0.5) is 0 Å². The Morgan fingerprint density at radius 3 is 2.56 bits per heavy atom. The number of aryl methyl sites for hydroxylation is 1. The lowest BCUT2D eigenvalue weighted by Gasteiger charge is -2.05. The highest BCUT2D eigenvalue weighted by atomic mass is 15.1. The van der Waals surface area contributed by atoms with Crippen LogP contribution in [0.25, 0.3) is 5.82 Å². The second kappa shape index (κ2) is 4.45. The SMILES string of the molecule is Cc1ncn(-c2ccc(CCN)cn2)c1C. The van der Waals surface area contributed by atoms with Crippen LogP contribution in [0.5, 0.6) is 0 Å². The highest BCUT2D eigenvalue weighted by molar-refractivity contribution is 5.29. The number of pyridine rings is 1. The van der Waals surface area contributed by atoms with Crippen molar-refractivity contribution in [3.8, 4) is 5.82 Å². The van der Waals surface area contributed by atoms with Crippen LogP contribution in [-0.4, -0.2) is 21.1 Å². The number of rotatable bonds is 3. The van der Waals surface area contributed by atoms with Crippen LogP contribution in [0, 0.1) is 13.8 Å². The fourth-order valence-corrected chi connectivity index (χ4v) is 1.60. The maximum absolute atomic E-state index is 5.49. The molecule has 0 spiro atoms. The number of hydrogen-bond acceptors (Lipinski definition) is 3. The molecule has 2 rings (SSSR count). The van der Waals surface area contributed by atoms with E-state index in [0.717, 1.165) is 23.6 Å². The van der Waals surface area contributed by atoms with Crippen molar-refractivity contribution >= 4 is 0 Å². The Bertz CT molecular complexity index is 470. The van der Waals surface area contributed by atoms with E-state index in [1.165, 1.54) is 5.56 Å². The van der Waals surface area contributed by atoms with Gasteiger partial charge in [-0.15, -0.1) is 0 Å². The van der Waals surface area contributed by atoms with Gasteiger partial charge in [0.15, 0.2) is 0 Å². The van der Waals surface area contributed by atoms with Crippen LogP contribution in [0.3, 0.4) is 0 Å². The fraction of sp³-hybridized carbons (Fsp3) is 0.333. The molecule has 4 nitrogen and oxygen atoms in total. The van der Waals surface area contributed by atoms with Crippen LogP contribution in [0.1, 0.15) is 17.0 Å². The zero-order valence-corrected chi connectivity index (χ0v) is 9.64. The Morgan fingerprint density at radius 2 is 2.06 bits per heavy atom. The molecule has 4 heteroatoms. The van der Waals surface area contributed by atoms with Gasteiger partial charge in [-0.3, -0.25) is 4.57 Å². The molecule has 0 aliphatic rings. The quantitative estimate of drug-likeness (QED) is 0.843. The molecule has 0 aliphatic heterocycles. The molecule has 84 valence electrons. The number of hydrogen-bond donors (Lipinski definition) is 1. The molecular formula is C12H16N4. The first kappa shape index (κ1) is 10.8. The van der Waals surface area contributed by atoms with E-state index in [2.05, 4.69) is 16.0 Å². The maximum atomic E-state index is 5.49. The number of aromatic nitrogens is 3. The molecule has 16 heavy (non-hydrogen) atoms. The molecule has 0 amide bonds. The topological polar surface area (TPSA) is 56.7 Å². The van der Waals surface area contributed by atoms with E-state index in [4.69, 9.17) is 5.73 Å². The molecule has 0 saturated carbocycles. The molecule has 2 N–H and O–H groups in total. The Labute approximate surface area is 95.1 Å². The summed E-state index contributed by atoms with van der Waals surface area (Å²) in [6.45, 7) is 4.69. The van der Waals surface area contributed by atoms with E-state index in [1.807, 2.05) is 30.7 Å². The zero-order valence-electron chi connectivity index (χ0n) is 9.64. The molecular weight excluding hydrogens is 200 g/mol. The number of imidazole rings is 1. The summed E-state index contributed by atoms with van der Waals surface area (Å²) in [4.78, 5) is 8.66. The monoisotopic (exact) mass is 216 g/mol. The predicted molar refractivity (Wildman–Crippen MR) is 63.6 cm³/mol. The Kier molecular flexibility index (Phi) is 3.01. The lowest BCUT2D eigenvalue weighted by molar-refractivity contribution is 0.921. The van der Waals surface area contributed by atoms with E-state index in [0.29, 0.717) is 6.54 Å². The maximum Gasteiger partial charge on any atom is 0.138 e. The van der Waals surface area contributed by atoms with Crippen LogP contribution in [0.2, 0.25) is 0 Å². The smallest absolute Gasteiger partial charge is 0.138 e. The summed E-state index contributed by atoms with van der Waals surface area (Å²) >= 11 is 0. The first-order valence-electron chi connectivity index (χ1n) is 5.38. The predicted octanol–water partition coefficient (Wildman–Crippen LogP) is 1.39. The minimum atomic E-state index is 0.657. The van der Waals surface area contributed by atoms with Gasteiger partial charge in [0.25, 0.3) is 0 Å². The second-order valence-electron chi connectivity index (χ2n) is 3.85. The van der Waals surface area contributed by atoms with Gasteiger partial charge < -0.3 is 5.73 Å².